The summed E-state index contributed by atoms with van der Waals surface area (Å²) in [6.45, 7) is 4.01. The van der Waals surface area contributed by atoms with Crippen molar-refractivity contribution in [2.24, 2.45) is 0 Å². The van der Waals surface area contributed by atoms with Crippen LogP contribution in [0.15, 0.2) is 0 Å². The van der Waals surface area contributed by atoms with Gasteiger partial charge in [0.15, 0.2) is 0 Å². The van der Waals surface area contributed by atoms with Crippen LogP contribution in [0.25, 0.3) is 0 Å². The minimum absolute atomic E-state index is 0. The first kappa shape index (κ1) is 14.6. The van der Waals surface area contributed by atoms with Crippen molar-refractivity contribution in [2.75, 3.05) is 19.6 Å². The third-order valence-corrected chi connectivity index (χ3v) is 3.72. The van der Waals surface area contributed by atoms with Gasteiger partial charge >= 0.3 is 5.97 Å². The van der Waals surface area contributed by atoms with Crippen molar-refractivity contribution in [3.05, 3.63) is 0 Å². The van der Waals surface area contributed by atoms with E-state index in [1.54, 1.807) is 6.92 Å². The fourth-order valence-corrected chi connectivity index (χ4v) is 2.62. The average molecular weight is 233 g/mol. The van der Waals surface area contributed by atoms with E-state index in [1.165, 1.54) is 0 Å². The van der Waals surface area contributed by atoms with Crippen LogP contribution in [0.4, 0.5) is 0 Å². The molecule has 5 nitrogen and oxygen atoms in total. The maximum atomic E-state index is 11.1. The van der Waals surface area contributed by atoms with Crippen molar-refractivity contribution in [1.29, 1.82) is 0 Å². The van der Waals surface area contributed by atoms with E-state index in [9.17, 15) is 9.59 Å². The number of piperidine rings is 1. The third-order valence-electron chi connectivity index (χ3n) is 3.72. The van der Waals surface area contributed by atoms with Gasteiger partial charge in [0.1, 0.15) is 6.04 Å². The first-order chi connectivity index (χ1) is 7.59. The third kappa shape index (κ3) is 3.04. The Balaban J connectivity index is 0.00000144. The summed E-state index contributed by atoms with van der Waals surface area (Å²) in [6.07, 6.45) is 2.58. The van der Waals surface area contributed by atoms with E-state index in [4.69, 9.17) is 5.11 Å². The Morgan fingerprint density at radius 3 is 2.06 bits per heavy atom. The monoisotopic (exact) mass is 233 g/mol. The molecule has 1 unspecified atom stereocenters. The average Bonchev–Trinajstić information content (AvgIpc) is 2.15. The molecule has 0 aromatic rings. The molecule has 91 valence electrons. The zero-order chi connectivity index (χ0) is 11.7. The fraction of sp³-hybridized carbons (Fsp3) is 0.818. The first-order valence-electron chi connectivity index (χ1n) is 5.83. The maximum Gasteiger partial charge on any atom is 0.320 e. The molecule has 1 amide bonds. The Labute approximate surface area is 113 Å². The molecule has 2 saturated heterocycles. The van der Waals surface area contributed by atoms with Crippen LogP contribution < -0.4 is 0 Å². The van der Waals surface area contributed by atoms with Gasteiger partial charge in [0.2, 0.25) is 5.91 Å². The molecule has 1 radical (unpaired) electrons. The van der Waals surface area contributed by atoms with Gasteiger partial charge in [-0.15, -0.1) is 0 Å². The van der Waals surface area contributed by atoms with Crippen molar-refractivity contribution >= 4 is 30.7 Å². The van der Waals surface area contributed by atoms with Crippen LogP contribution in [0.2, 0.25) is 0 Å². The van der Waals surface area contributed by atoms with Gasteiger partial charge in [0, 0.05) is 51.5 Å². The molecule has 2 rings (SSSR count). The molecular formula is C11H18LiN2O3. The first-order valence-corrected chi connectivity index (χ1v) is 5.83. The molecule has 2 aliphatic rings. The summed E-state index contributed by atoms with van der Waals surface area (Å²) in [5, 5.41) is 8.97. The minimum atomic E-state index is -0.708. The number of carbonyl (C=O) groups excluding carboxylic acids is 1. The number of amides is 1. The van der Waals surface area contributed by atoms with Crippen molar-refractivity contribution in [3.63, 3.8) is 0 Å². The number of hydrogen-bond acceptors (Lipinski definition) is 3. The van der Waals surface area contributed by atoms with Crippen molar-refractivity contribution in [1.82, 2.24) is 9.80 Å². The largest absolute Gasteiger partial charge is 0.480 e. The molecule has 0 spiro atoms. The van der Waals surface area contributed by atoms with Crippen LogP contribution in [0, 0.1) is 0 Å². The molecule has 1 N–H and O–H groups in total. The molecule has 2 heterocycles. The molecule has 0 aromatic carbocycles. The molecular weight excluding hydrogens is 215 g/mol. The number of nitrogens with zero attached hydrogens (tertiary/aromatic N) is 2. The summed E-state index contributed by atoms with van der Waals surface area (Å²) < 4.78 is 0. The van der Waals surface area contributed by atoms with E-state index in [1.807, 2.05) is 4.90 Å². The second-order valence-electron chi connectivity index (χ2n) is 4.62. The molecule has 1 atom stereocenters. The standard InChI is InChI=1S/C11H18N2O3.Li/c1-8(14)12-5-2-9(3-6-12)13-7-4-10(13)11(15)16;/h9-10H,2-7H2,1H3,(H,15,16);. The topological polar surface area (TPSA) is 60.9 Å². The second kappa shape index (κ2) is 5.90. The van der Waals surface area contributed by atoms with Gasteiger partial charge in [0.05, 0.1) is 0 Å². The molecule has 2 fully saturated rings. The van der Waals surface area contributed by atoms with Crippen LogP contribution >= 0.6 is 0 Å². The van der Waals surface area contributed by atoms with Crippen LogP contribution in [0.5, 0.6) is 0 Å². The smallest absolute Gasteiger partial charge is 0.320 e. The van der Waals surface area contributed by atoms with Crippen LogP contribution in [0.1, 0.15) is 26.2 Å². The molecule has 0 aromatic heterocycles. The molecule has 0 saturated carbocycles. The Bertz CT molecular complexity index is 303. The number of carboxylic acids is 1. The van der Waals surface area contributed by atoms with E-state index < -0.39 is 5.97 Å². The summed E-state index contributed by atoms with van der Waals surface area (Å²) in [4.78, 5) is 26.0. The van der Waals surface area contributed by atoms with Gasteiger partial charge in [-0.25, -0.2) is 0 Å². The SMILES string of the molecule is CC(=O)N1CCC(N2CCC2C(=O)O)CC1.[Li]. The van der Waals surface area contributed by atoms with E-state index in [0.717, 1.165) is 38.9 Å². The second-order valence-corrected chi connectivity index (χ2v) is 4.62. The summed E-state index contributed by atoms with van der Waals surface area (Å²) in [5.74, 6) is -0.586. The minimum Gasteiger partial charge on any atom is -0.480 e. The van der Waals surface area contributed by atoms with Gasteiger partial charge < -0.3 is 10.0 Å². The Morgan fingerprint density at radius 2 is 1.71 bits per heavy atom. The van der Waals surface area contributed by atoms with Crippen LogP contribution in [0.3, 0.4) is 0 Å². The Kier molecular flexibility index (Phi) is 5.05. The number of rotatable bonds is 2. The Morgan fingerprint density at radius 1 is 1.12 bits per heavy atom. The normalized spacial score (nSPS) is 25.9. The Hall–Kier alpha value is -0.503. The van der Waals surface area contributed by atoms with Gasteiger partial charge in [-0.1, -0.05) is 0 Å². The van der Waals surface area contributed by atoms with Gasteiger partial charge in [0.25, 0.3) is 0 Å². The van der Waals surface area contributed by atoms with E-state index in [2.05, 4.69) is 4.90 Å². The molecule has 0 bridgehead atoms. The summed E-state index contributed by atoms with van der Waals surface area (Å²) in [5.41, 5.74) is 0. The zero-order valence-electron chi connectivity index (χ0n) is 10.6. The van der Waals surface area contributed by atoms with E-state index in [0.29, 0.717) is 6.04 Å². The molecule has 17 heavy (non-hydrogen) atoms. The van der Waals surface area contributed by atoms with Crippen LogP contribution in [-0.2, 0) is 9.59 Å². The number of hydrogen-bond donors (Lipinski definition) is 1. The van der Waals surface area contributed by atoms with Crippen molar-refractivity contribution < 1.29 is 14.7 Å². The predicted molar refractivity (Wildman–Crippen MR) is 63.8 cm³/mol. The summed E-state index contributed by atoms with van der Waals surface area (Å²) >= 11 is 0. The van der Waals surface area contributed by atoms with Gasteiger partial charge in [-0.3, -0.25) is 14.5 Å². The number of carboxylic acid groups (broad SMARTS) is 1. The predicted octanol–water partition coefficient (Wildman–Crippen LogP) is -0.225. The fourth-order valence-electron chi connectivity index (χ4n) is 2.62. The van der Waals surface area contributed by atoms with Gasteiger partial charge in [-0.2, -0.15) is 0 Å². The van der Waals surface area contributed by atoms with Crippen molar-refractivity contribution in [3.8, 4) is 0 Å². The number of aliphatic carboxylic acids is 1. The maximum absolute atomic E-state index is 11.1. The summed E-state index contributed by atoms with van der Waals surface area (Å²) in [6, 6.07) is 0.0688. The van der Waals surface area contributed by atoms with E-state index in [-0.39, 0.29) is 30.8 Å². The van der Waals surface area contributed by atoms with Crippen LogP contribution in [-0.4, -0.2) is 77.4 Å². The number of carbonyl (C=O) groups is 2. The van der Waals surface area contributed by atoms with Gasteiger partial charge in [-0.05, 0) is 19.3 Å². The summed E-state index contributed by atoms with van der Waals surface area (Å²) in [7, 11) is 0. The molecule has 2 aliphatic heterocycles. The molecule has 0 aliphatic carbocycles. The van der Waals surface area contributed by atoms with E-state index >= 15 is 0 Å². The molecule has 6 heteroatoms. The quantitative estimate of drug-likeness (QED) is 0.670. The van der Waals surface area contributed by atoms with Crippen molar-refractivity contribution in [2.45, 2.75) is 38.3 Å². The number of likely N-dealkylation sites (tertiary alicyclic amines) is 2. The zero-order valence-corrected chi connectivity index (χ0v) is 10.6.